The fourth-order valence-electron chi connectivity index (χ4n) is 5.06. The van der Waals surface area contributed by atoms with E-state index in [1.54, 1.807) is 0 Å². The Labute approximate surface area is 191 Å². The molecule has 5 nitrogen and oxygen atoms in total. The van der Waals surface area contributed by atoms with Crippen LogP contribution in [0.5, 0.6) is 5.75 Å². The maximum atomic E-state index is 13.2. The van der Waals surface area contributed by atoms with Crippen LogP contribution in [0.1, 0.15) is 36.6 Å². The number of amides is 1. The summed E-state index contributed by atoms with van der Waals surface area (Å²) < 4.78 is 9.67. The van der Waals surface area contributed by atoms with Crippen LogP contribution in [0.25, 0.3) is 10.9 Å². The zero-order valence-electron chi connectivity index (χ0n) is 18.0. The predicted octanol–water partition coefficient (Wildman–Crippen LogP) is 4.82. The molecule has 1 aromatic heterocycles. The van der Waals surface area contributed by atoms with Gasteiger partial charge in [-0.15, -0.1) is 0 Å². The molecule has 1 unspecified atom stereocenters. The predicted molar refractivity (Wildman–Crippen MR) is 126 cm³/mol. The van der Waals surface area contributed by atoms with E-state index in [1.807, 2.05) is 30.3 Å². The van der Waals surface area contributed by atoms with Gasteiger partial charge in [-0.25, -0.2) is 0 Å². The largest absolute Gasteiger partial charge is 0.487 e. The number of piperidine rings is 1. The monoisotopic (exact) mass is 481 g/mol. The molecule has 2 aliphatic rings. The normalized spacial score (nSPS) is 20.4. The van der Waals surface area contributed by atoms with Gasteiger partial charge in [0.25, 0.3) is 0 Å². The number of benzene rings is 2. The SMILES string of the molecule is Cc1c(Br)c2ccccc2n1CC(=O)NC1CC2(CCN(C)CC2)Oc2ccccc21. The highest BCUT2D eigenvalue weighted by Gasteiger charge is 2.43. The summed E-state index contributed by atoms with van der Waals surface area (Å²) in [6, 6.07) is 16.3. The van der Waals surface area contributed by atoms with Crippen LogP contribution in [-0.2, 0) is 11.3 Å². The molecular weight excluding hydrogens is 454 g/mol. The zero-order chi connectivity index (χ0) is 21.6. The van der Waals surface area contributed by atoms with Gasteiger partial charge in [0.05, 0.1) is 6.04 Å². The van der Waals surface area contributed by atoms with Crippen molar-refractivity contribution in [1.82, 2.24) is 14.8 Å². The van der Waals surface area contributed by atoms with E-state index in [9.17, 15) is 4.79 Å². The van der Waals surface area contributed by atoms with Gasteiger partial charge >= 0.3 is 0 Å². The fourth-order valence-corrected chi connectivity index (χ4v) is 5.60. The van der Waals surface area contributed by atoms with Gasteiger partial charge in [0.2, 0.25) is 5.91 Å². The number of rotatable bonds is 3. The number of carbonyl (C=O) groups excluding carboxylic acids is 1. The number of para-hydroxylation sites is 2. The molecule has 1 saturated heterocycles. The second-order valence-corrected chi connectivity index (χ2v) is 9.75. The molecule has 0 radical (unpaired) electrons. The van der Waals surface area contributed by atoms with Gasteiger partial charge in [-0.3, -0.25) is 4.79 Å². The van der Waals surface area contributed by atoms with Crippen molar-refractivity contribution in [3.63, 3.8) is 0 Å². The van der Waals surface area contributed by atoms with Gasteiger partial charge in [-0.1, -0.05) is 36.4 Å². The highest BCUT2D eigenvalue weighted by atomic mass is 79.9. The van der Waals surface area contributed by atoms with Gasteiger partial charge in [0.1, 0.15) is 17.9 Å². The van der Waals surface area contributed by atoms with E-state index in [4.69, 9.17) is 4.74 Å². The molecule has 3 heterocycles. The quantitative estimate of drug-likeness (QED) is 0.583. The van der Waals surface area contributed by atoms with Crippen LogP contribution in [-0.4, -0.2) is 41.1 Å². The molecule has 0 aliphatic carbocycles. The molecule has 1 amide bonds. The number of ether oxygens (including phenoxy) is 1. The number of nitrogens with one attached hydrogen (secondary N) is 1. The van der Waals surface area contributed by atoms with E-state index in [1.165, 1.54) is 0 Å². The third-order valence-corrected chi connectivity index (χ3v) is 7.89. The highest BCUT2D eigenvalue weighted by molar-refractivity contribution is 9.10. The van der Waals surface area contributed by atoms with Crippen molar-refractivity contribution in [2.24, 2.45) is 0 Å². The third-order valence-electron chi connectivity index (χ3n) is 6.89. The Morgan fingerprint density at radius 3 is 2.68 bits per heavy atom. The summed E-state index contributed by atoms with van der Waals surface area (Å²) in [4.78, 5) is 15.6. The third kappa shape index (κ3) is 3.76. The first-order valence-electron chi connectivity index (χ1n) is 10.9. The number of carbonyl (C=O) groups is 1. The molecule has 2 aliphatic heterocycles. The van der Waals surface area contributed by atoms with E-state index < -0.39 is 0 Å². The van der Waals surface area contributed by atoms with Crippen LogP contribution in [0.15, 0.2) is 53.0 Å². The minimum Gasteiger partial charge on any atom is -0.487 e. The summed E-state index contributed by atoms with van der Waals surface area (Å²) in [6.07, 6.45) is 2.79. The Bertz CT molecular complexity index is 1130. The highest BCUT2D eigenvalue weighted by Crippen LogP contribution is 2.44. The van der Waals surface area contributed by atoms with Crippen molar-refractivity contribution >= 4 is 32.7 Å². The molecule has 162 valence electrons. The summed E-state index contributed by atoms with van der Waals surface area (Å²) in [5.41, 5.74) is 3.02. The van der Waals surface area contributed by atoms with Crippen molar-refractivity contribution in [2.75, 3.05) is 20.1 Å². The number of likely N-dealkylation sites (tertiary alicyclic amines) is 1. The Morgan fingerprint density at radius 1 is 1.16 bits per heavy atom. The number of hydrogen-bond donors (Lipinski definition) is 1. The average molecular weight is 482 g/mol. The van der Waals surface area contributed by atoms with E-state index in [0.29, 0.717) is 6.54 Å². The van der Waals surface area contributed by atoms with Gasteiger partial charge in [0, 0.05) is 46.1 Å². The average Bonchev–Trinajstić information content (AvgIpc) is 3.01. The van der Waals surface area contributed by atoms with E-state index in [2.05, 4.69) is 62.9 Å². The van der Waals surface area contributed by atoms with Crippen molar-refractivity contribution < 1.29 is 9.53 Å². The van der Waals surface area contributed by atoms with E-state index in [0.717, 1.165) is 64.7 Å². The lowest BCUT2D eigenvalue weighted by atomic mass is 9.80. The summed E-state index contributed by atoms with van der Waals surface area (Å²) in [5, 5.41) is 4.47. The second-order valence-electron chi connectivity index (χ2n) is 8.95. The Morgan fingerprint density at radius 2 is 1.87 bits per heavy atom. The lowest BCUT2D eigenvalue weighted by Gasteiger charge is -2.46. The lowest BCUT2D eigenvalue weighted by molar-refractivity contribution is -0.123. The maximum Gasteiger partial charge on any atom is 0.240 e. The summed E-state index contributed by atoms with van der Waals surface area (Å²) in [6.45, 7) is 4.39. The van der Waals surface area contributed by atoms with Crippen LogP contribution in [0.3, 0.4) is 0 Å². The first kappa shape index (κ1) is 20.6. The number of hydrogen-bond acceptors (Lipinski definition) is 3. The van der Waals surface area contributed by atoms with Gasteiger partial charge < -0.3 is 19.5 Å². The first-order chi connectivity index (χ1) is 15.0. The van der Waals surface area contributed by atoms with Crippen molar-refractivity contribution in [3.05, 3.63) is 64.3 Å². The lowest BCUT2D eigenvalue weighted by Crippen LogP contribution is -2.51. The summed E-state index contributed by atoms with van der Waals surface area (Å²) >= 11 is 3.69. The Hall–Kier alpha value is -2.31. The molecule has 0 bridgehead atoms. The number of fused-ring (bicyclic) bond motifs is 2. The van der Waals surface area contributed by atoms with Crippen LogP contribution in [0.2, 0.25) is 0 Å². The van der Waals surface area contributed by atoms with Crippen LogP contribution in [0.4, 0.5) is 0 Å². The number of nitrogens with zero attached hydrogens (tertiary/aromatic N) is 2. The fraction of sp³-hybridized carbons (Fsp3) is 0.400. The summed E-state index contributed by atoms with van der Waals surface area (Å²) in [5.74, 6) is 0.940. The molecule has 1 atom stereocenters. The standard InChI is InChI=1S/C25H28BrN3O2/c1-17-24(26)19-8-3-5-9-21(19)29(17)16-23(30)27-20-15-25(11-13-28(2)14-12-25)31-22-10-6-4-7-18(20)22/h3-10,20H,11-16H2,1-2H3,(H,27,30). The van der Waals surface area contributed by atoms with Crippen molar-refractivity contribution in [2.45, 2.75) is 44.4 Å². The minimum atomic E-state index is -0.197. The molecule has 3 aromatic rings. The molecule has 1 spiro atoms. The van der Waals surface area contributed by atoms with Crippen LogP contribution < -0.4 is 10.1 Å². The van der Waals surface area contributed by atoms with E-state index >= 15 is 0 Å². The molecule has 0 saturated carbocycles. The molecule has 5 rings (SSSR count). The van der Waals surface area contributed by atoms with Gasteiger partial charge in [0.15, 0.2) is 0 Å². The molecule has 2 aromatic carbocycles. The van der Waals surface area contributed by atoms with Crippen molar-refractivity contribution in [3.8, 4) is 5.75 Å². The second kappa shape index (κ2) is 7.99. The van der Waals surface area contributed by atoms with Crippen LogP contribution >= 0.6 is 15.9 Å². The Balaban J connectivity index is 1.40. The smallest absolute Gasteiger partial charge is 0.240 e. The van der Waals surface area contributed by atoms with E-state index in [-0.39, 0.29) is 17.6 Å². The maximum absolute atomic E-state index is 13.2. The number of aromatic nitrogens is 1. The van der Waals surface area contributed by atoms with Gasteiger partial charge in [-0.2, -0.15) is 0 Å². The molecule has 6 heteroatoms. The summed E-state index contributed by atoms with van der Waals surface area (Å²) in [7, 11) is 2.16. The van der Waals surface area contributed by atoms with Crippen molar-refractivity contribution in [1.29, 1.82) is 0 Å². The first-order valence-corrected chi connectivity index (χ1v) is 11.7. The Kier molecular flexibility index (Phi) is 5.30. The minimum absolute atomic E-state index is 0.0288. The number of halogens is 1. The topological polar surface area (TPSA) is 46.5 Å². The van der Waals surface area contributed by atoms with Crippen LogP contribution in [0, 0.1) is 6.92 Å². The molecule has 31 heavy (non-hydrogen) atoms. The van der Waals surface area contributed by atoms with Gasteiger partial charge in [-0.05, 0) is 54.9 Å². The molecule has 1 fully saturated rings. The molecule has 1 N–H and O–H groups in total. The zero-order valence-corrected chi connectivity index (χ0v) is 19.6. The molecular formula is C25H28BrN3O2.